The zero-order chi connectivity index (χ0) is 45.9. The number of aromatic nitrogens is 5. The van der Waals surface area contributed by atoms with E-state index >= 15 is 0 Å². The molecule has 0 spiro atoms. The van der Waals surface area contributed by atoms with Crippen molar-refractivity contribution in [1.29, 1.82) is 0 Å². The molecule has 0 atom stereocenters. The van der Waals surface area contributed by atoms with Crippen LogP contribution in [0.4, 0.5) is 0 Å². The van der Waals surface area contributed by atoms with Crippen molar-refractivity contribution in [2.75, 3.05) is 0 Å². The number of furan rings is 2. The van der Waals surface area contributed by atoms with Gasteiger partial charge in [0.25, 0.3) is 0 Å². The Morgan fingerprint density at radius 3 is 1.79 bits per heavy atom. The van der Waals surface area contributed by atoms with Crippen molar-refractivity contribution >= 4 is 97.2 Å². The Labute approximate surface area is 403 Å². The quantitative estimate of drug-likeness (QED) is 0.165. The van der Waals surface area contributed by atoms with Crippen LogP contribution in [0.1, 0.15) is 0 Å². The highest BCUT2D eigenvalue weighted by Crippen LogP contribution is 2.41. The molecule has 7 nitrogen and oxygen atoms in total. The Hall–Kier alpha value is -9.24. The first-order valence-electron chi connectivity index (χ1n) is 23.3. The van der Waals surface area contributed by atoms with Crippen molar-refractivity contribution in [3.05, 3.63) is 212 Å². The number of pyridine rings is 1. The number of hydrogen-bond donors (Lipinski definition) is 0. The summed E-state index contributed by atoms with van der Waals surface area (Å²) in [7, 11) is 0. The third kappa shape index (κ3) is 6.00. The zero-order valence-electron chi connectivity index (χ0n) is 37.2. The SMILES string of the molecule is c1cc(-c2ccc(-n3c4ccccc4c4cc(-c5cccc6c5oc5ccccc56)ccc43)cc2)cc(-c2nc(-c3ccc4c(c3)sc3ccccc34)nc(-c3nccc4c3oc3ccccc34)n2)c1. The minimum atomic E-state index is 0.445. The van der Waals surface area contributed by atoms with Crippen LogP contribution in [0.15, 0.2) is 221 Å². The summed E-state index contributed by atoms with van der Waals surface area (Å²) in [5, 5.41) is 9.07. The number of benzene rings is 9. The summed E-state index contributed by atoms with van der Waals surface area (Å²) in [5.41, 5.74) is 13.2. The average molecular weight is 914 g/mol. The topological polar surface area (TPSA) is 82.8 Å². The molecule has 0 N–H and O–H groups in total. The summed E-state index contributed by atoms with van der Waals surface area (Å²) in [6, 6.07) is 72.4. The summed E-state index contributed by atoms with van der Waals surface area (Å²) in [6.45, 7) is 0. The monoisotopic (exact) mass is 913 g/mol. The number of para-hydroxylation sites is 4. The molecule has 0 saturated heterocycles. The number of hydrogen-bond acceptors (Lipinski definition) is 7. The maximum absolute atomic E-state index is 6.46. The second-order valence-corrected chi connectivity index (χ2v) is 18.8. The first-order valence-corrected chi connectivity index (χ1v) is 24.1. The molecule has 0 unspecified atom stereocenters. The number of fused-ring (bicyclic) bond motifs is 12. The molecule has 0 aliphatic carbocycles. The van der Waals surface area contributed by atoms with E-state index in [2.05, 4.69) is 174 Å². The van der Waals surface area contributed by atoms with Crippen LogP contribution in [0, 0.1) is 0 Å². The molecule has 9 aromatic carbocycles. The van der Waals surface area contributed by atoms with Gasteiger partial charge in [-0.25, -0.2) is 19.9 Å². The Morgan fingerprint density at radius 1 is 0.357 bits per heavy atom. The molecule has 8 heteroatoms. The lowest BCUT2D eigenvalue weighted by Gasteiger charge is -2.11. The van der Waals surface area contributed by atoms with Crippen LogP contribution < -0.4 is 0 Å². The summed E-state index contributed by atoms with van der Waals surface area (Å²) in [6.07, 6.45) is 1.80. The molecule has 0 aliphatic rings. The summed E-state index contributed by atoms with van der Waals surface area (Å²) < 4.78 is 17.7. The molecule has 0 fully saturated rings. The third-order valence-corrected chi connectivity index (χ3v) is 14.9. The first-order chi connectivity index (χ1) is 34.7. The second kappa shape index (κ2) is 15.1. The van der Waals surface area contributed by atoms with Crippen LogP contribution in [0.3, 0.4) is 0 Å². The van der Waals surface area contributed by atoms with Gasteiger partial charge in [0.1, 0.15) is 16.7 Å². The third-order valence-electron chi connectivity index (χ3n) is 13.7. The minimum absolute atomic E-state index is 0.445. The van der Waals surface area contributed by atoms with Crippen molar-refractivity contribution < 1.29 is 8.83 Å². The van der Waals surface area contributed by atoms with E-state index in [0.29, 0.717) is 28.8 Å². The normalized spacial score (nSPS) is 12.0. The number of thiophene rings is 1. The Kier molecular flexibility index (Phi) is 8.39. The van der Waals surface area contributed by atoms with Crippen LogP contribution in [0.2, 0.25) is 0 Å². The molecule has 0 saturated carbocycles. The van der Waals surface area contributed by atoms with Crippen LogP contribution in [-0.4, -0.2) is 24.5 Å². The van der Waals surface area contributed by atoms with Gasteiger partial charge < -0.3 is 13.4 Å². The highest BCUT2D eigenvalue weighted by molar-refractivity contribution is 7.25. The molecule has 70 heavy (non-hydrogen) atoms. The molecule has 15 aromatic rings. The van der Waals surface area contributed by atoms with E-state index in [9.17, 15) is 0 Å². The fraction of sp³-hybridized carbons (Fsp3) is 0. The maximum Gasteiger partial charge on any atom is 0.186 e. The molecular weight excluding hydrogens is 879 g/mol. The van der Waals surface area contributed by atoms with Gasteiger partial charge in [-0.15, -0.1) is 11.3 Å². The Bertz CT molecular complexity index is 4620. The van der Waals surface area contributed by atoms with Crippen LogP contribution in [0.25, 0.3) is 148 Å². The van der Waals surface area contributed by atoms with Crippen LogP contribution in [-0.2, 0) is 0 Å². The molecule has 0 amide bonds. The smallest absolute Gasteiger partial charge is 0.186 e. The summed E-state index contributed by atoms with van der Waals surface area (Å²) >= 11 is 1.77. The fourth-order valence-corrected chi connectivity index (χ4v) is 11.6. The molecular formula is C62H35N5O2S. The number of rotatable bonds is 6. The van der Waals surface area contributed by atoms with Gasteiger partial charge in [-0.1, -0.05) is 140 Å². The second-order valence-electron chi connectivity index (χ2n) is 17.7. The fourth-order valence-electron chi connectivity index (χ4n) is 10.4. The first kappa shape index (κ1) is 38.8. The standard InChI is InChI=1S/C62H35N5O2S/c1-5-19-51-43(13-1)50-34-38(42-17-10-18-48-44-14-2-6-20-53(44)68-58(42)48)26-30-52(50)67(51)41-27-23-36(24-28-41)37-11-9-12-39(33-37)60-64-61(40-25-29-47-46-16-4-8-22-55(46)70-56(47)35-40)66-62(65-60)57-59-49(31-32-63-57)45-15-3-7-21-54(45)69-59/h1-35H. The Morgan fingerprint density at radius 2 is 0.957 bits per heavy atom. The molecule has 0 aliphatic heterocycles. The van der Waals surface area contributed by atoms with E-state index in [0.717, 1.165) is 88.4 Å². The van der Waals surface area contributed by atoms with Crippen LogP contribution >= 0.6 is 11.3 Å². The predicted octanol–water partition coefficient (Wildman–Crippen LogP) is 16.9. The molecule has 15 rings (SSSR count). The molecule has 326 valence electrons. The van der Waals surface area contributed by atoms with Crippen molar-refractivity contribution in [1.82, 2.24) is 24.5 Å². The summed E-state index contributed by atoms with van der Waals surface area (Å²) in [5.74, 6) is 1.56. The maximum atomic E-state index is 6.46. The van der Waals surface area contributed by atoms with Gasteiger partial charge >= 0.3 is 0 Å². The van der Waals surface area contributed by atoms with Crippen molar-refractivity contribution in [3.63, 3.8) is 0 Å². The lowest BCUT2D eigenvalue weighted by atomic mass is 10.0. The molecule has 6 heterocycles. The van der Waals surface area contributed by atoms with Gasteiger partial charge in [0.15, 0.2) is 28.8 Å². The van der Waals surface area contributed by atoms with Crippen molar-refractivity contribution in [2.24, 2.45) is 0 Å². The van der Waals surface area contributed by atoms with E-state index in [4.69, 9.17) is 28.8 Å². The largest absolute Gasteiger partial charge is 0.455 e. The van der Waals surface area contributed by atoms with E-state index in [-0.39, 0.29) is 0 Å². The predicted molar refractivity (Wildman–Crippen MR) is 287 cm³/mol. The van der Waals surface area contributed by atoms with E-state index < -0.39 is 0 Å². The van der Waals surface area contributed by atoms with Gasteiger partial charge in [-0.2, -0.15) is 0 Å². The van der Waals surface area contributed by atoms with E-state index in [1.165, 1.54) is 30.9 Å². The van der Waals surface area contributed by atoms with Crippen molar-refractivity contribution in [3.8, 4) is 62.2 Å². The van der Waals surface area contributed by atoms with Crippen molar-refractivity contribution in [2.45, 2.75) is 0 Å². The van der Waals surface area contributed by atoms with Gasteiger partial charge in [0, 0.05) is 81.1 Å². The molecule has 6 aromatic heterocycles. The zero-order valence-corrected chi connectivity index (χ0v) is 38.0. The lowest BCUT2D eigenvalue weighted by molar-refractivity contribution is 0.667. The van der Waals surface area contributed by atoms with E-state index in [1.54, 1.807) is 17.5 Å². The average Bonchev–Trinajstić information content (AvgIpc) is 4.19. The highest BCUT2D eigenvalue weighted by Gasteiger charge is 2.21. The Balaban J connectivity index is 0.826. The molecule has 0 bridgehead atoms. The van der Waals surface area contributed by atoms with E-state index in [1.807, 2.05) is 36.4 Å². The van der Waals surface area contributed by atoms with Gasteiger partial charge in [-0.05, 0) is 83.4 Å². The lowest BCUT2D eigenvalue weighted by Crippen LogP contribution is -2.01. The van der Waals surface area contributed by atoms with Gasteiger partial charge in [0.05, 0.1) is 11.0 Å². The minimum Gasteiger partial charge on any atom is -0.455 e. The number of nitrogens with zero attached hydrogens (tertiary/aromatic N) is 5. The summed E-state index contributed by atoms with van der Waals surface area (Å²) in [4.78, 5) is 20.3. The molecule has 0 radical (unpaired) electrons. The van der Waals surface area contributed by atoms with Crippen LogP contribution in [0.5, 0.6) is 0 Å². The highest BCUT2D eigenvalue weighted by atomic mass is 32.1. The van der Waals surface area contributed by atoms with Gasteiger partial charge in [-0.3, -0.25) is 0 Å². The van der Waals surface area contributed by atoms with Gasteiger partial charge in [0.2, 0.25) is 0 Å².